The maximum absolute atomic E-state index is 13.1. The summed E-state index contributed by atoms with van der Waals surface area (Å²) in [6.07, 6.45) is -2.56. The van der Waals surface area contributed by atoms with Gasteiger partial charge in [0.2, 0.25) is 0 Å². The summed E-state index contributed by atoms with van der Waals surface area (Å²) >= 11 is 0. The van der Waals surface area contributed by atoms with E-state index in [1.165, 1.54) is 31.8 Å². The monoisotopic (exact) mass is 481 g/mol. The molecule has 14 heteroatoms. The molecule has 0 spiro atoms. The van der Waals surface area contributed by atoms with E-state index in [1.54, 1.807) is 6.92 Å². The van der Waals surface area contributed by atoms with Crippen LogP contribution in [-0.2, 0) is 23.1 Å². The van der Waals surface area contributed by atoms with Crippen LogP contribution in [0.1, 0.15) is 28.5 Å². The second-order valence-electron chi connectivity index (χ2n) is 7.25. The topological polar surface area (TPSA) is 124 Å². The second-order valence-corrected chi connectivity index (χ2v) is 9.44. The second kappa shape index (κ2) is 7.50. The molecule has 0 fully saturated rings. The number of pyridine rings is 1. The van der Waals surface area contributed by atoms with Crippen molar-refractivity contribution >= 4 is 32.6 Å². The molecule has 0 unspecified atom stereocenters. The van der Waals surface area contributed by atoms with Crippen molar-refractivity contribution in [2.75, 3.05) is 12.8 Å². The Labute approximate surface area is 185 Å². The smallest absolute Gasteiger partial charge is 0.354 e. The SMILES string of the molecule is CCS(=O)(=O)c1nn2c(C(=O)NC)c(C)cnc2c1-c1nc2cc(C(F)(F)F)cnc2n1C. The van der Waals surface area contributed by atoms with Crippen molar-refractivity contribution in [3.8, 4) is 11.4 Å². The Hall–Kier alpha value is -3.55. The van der Waals surface area contributed by atoms with Crippen LogP contribution in [0, 0.1) is 6.92 Å². The van der Waals surface area contributed by atoms with E-state index < -0.39 is 27.5 Å². The molecule has 0 saturated carbocycles. The van der Waals surface area contributed by atoms with E-state index in [2.05, 4.69) is 25.4 Å². The van der Waals surface area contributed by atoms with Crippen LogP contribution in [-0.4, -0.2) is 56.3 Å². The summed E-state index contributed by atoms with van der Waals surface area (Å²) in [5.41, 5.74) is -0.473. The van der Waals surface area contributed by atoms with Crippen LogP contribution in [0.2, 0.25) is 0 Å². The van der Waals surface area contributed by atoms with Gasteiger partial charge in [-0.2, -0.15) is 18.3 Å². The van der Waals surface area contributed by atoms with Crippen LogP contribution in [0.5, 0.6) is 0 Å². The summed E-state index contributed by atoms with van der Waals surface area (Å²) in [6.45, 7) is 3.04. The molecule has 0 aliphatic carbocycles. The summed E-state index contributed by atoms with van der Waals surface area (Å²) in [5.74, 6) is -0.826. The number of aryl methyl sites for hydroxylation is 2. The molecule has 0 aliphatic heterocycles. The largest absolute Gasteiger partial charge is 0.417 e. The van der Waals surface area contributed by atoms with Gasteiger partial charge in [-0.15, -0.1) is 0 Å². The van der Waals surface area contributed by atoms with Crippen molar-refractivity contribution in [2.45, 2.75) is 25.0 Å². The fourth-order valence-corrected chi connectivity index (χ4v) is 4.42. The van der Waals surface area contributed by atoms with Gasteiger partial charge in [-0.05, 0) is 18.6 Å². The molecule has 0 radical (unpaired) electrons. The third kappa shape index (κ3) is 3.50. The molecular weight excluding hydrogens is 463 g/mol. The lowest BCUT2D eigenvalue weighted by atomic mass is 10.2. The molecule has 0 saturated heterocycles. The van der Waals surface area contributed by atoms with Crippen molar-refractivity contribution in [3.05, 3.63) is 35.3 Å². The average Bonchev–Trinajstić information content (AvgIpc) is 3.30. The van der Waals surface area contributed by atoms with Crippen molar-refractivity contribution in [1.82, 2.24) is 34.4 Å². The number of carbonyl (C=O) groups is 1. The molecule has 4 heterocycles. The number of sulfone groups is 1. The number of amides is 1. The van der Waals surface area contributed by atoms with Gasteiger partial charge < -0.3 is 9.88 Å². The minimum absolute atomic E-state index is 0.00180. The van der Waals surface area contributed by atoms with Crippen LogP contribution in [0.15, 0.2) is 23.5 Å². The number of alkyl halides is 3. The van der Waals surface area contributed by atoms with Crippen LogP contribution < -0.4 is 5.32 Å². The van der Waals surface area contributed by atoms with Gasteiger partial charge in [-0.3, -0.25) is 4.79 Å². The molecule has 0 bridgehead atoms. The quantitative estimate of drug-likeness (QED) is 0.474. The molecular formula is C19H18F3N7O3S. The lowest BCUT2D eigenvalue weighted by Crippen LogP contribution is -2.23. The number of aromatic nitrogens is 6. The molecule has 1 amide bonds. The Morgan fingerprint density at radius 1 is 1.18 bits per heavy atom. The van der Waals surface area contributed by atoms with Gasteiger partial charge in [0.15, 0.2) is 26.2 Å². The van der Waals surface area contributed by atoms with Gasteiger partial charge in [-0.25, -0.2) is 27.9 Å². The zero-order valence-corrected chi connectivity index (χ0v) is 18.7. The molecule has 0 atom stereocenters. The number of imidazole rings is 1. The minimum Gasteiger partial charge on any atom is -0.354 e. The van der Waals surface area contributed by atoms with Crippen molar-refractivity contribution in [1.29, 1.82) is 0 Å². The first-order chi connectivity index (χ1) is 15.4. The number of halogens is 3. The summed E-state index contributed by atoms with van der Waals surface area (Å²) in [7, 11) is -1.04. The van der Waals surface area contributed by atoms with E-state index in [0.29, 0.717) is 11.8 Å². The summed E-state index contributed by atoms with van der Waals surface area (Å²) in [5, 5.41) is 6.27. The first kappa shape index (κ1) is 22.6. The molecule has 4 aromatic heterocycles. The lowest BCUT2D eigenvalue weighted by molar-refractivity contribution is -0.137. The number of rotatable bonds is 4. The predicted octanol–water partition coefficient (Wildman–Crippen LogP) is 2.16. The van der Waals surface area contributed by atoms with Crippen LogP contribution >= 0.6 is 0 Å². The van der Waals surface area contributed by atoms with Gasteiger partial charge in [0.05, 0.1) is 11.3 Å². The van der Waals surface area contributed by atoms with Gasteiger partial charge >= 0.3 is 6.18 Å². The predicted molar refractivity (Wildman–Crippen MR) is 111 cm³/mol. The highest BCUT2D eigenvalue weighted by atomic mass is 32.2. The Morgan fingerprint density at radius 2 is 1.85 bits per heavy atom. The maximum Gasteiger partial charge on any atom is 0.417 e. The Morgan fingerprint density at radius 3 is 2.45 bits per heavy atom. The van der Waals surface area contributed by atoms with E-state index in [1.807, 2.05) is 0 Å². The van der Waals surface area contributed by atoms with E-state index in [0.717, 1.165) is 10.6 Å². The number of nitrogens with one attached hydrogen (secondary N) is 1. The average molecular weight is 481 g/mol. The molecule has 0 aliphatic rings. The molecule has 174 valence electrons. The minimum atomic E-state index is -4.62. The molecule has 1 N–H and O–H groups in total. The third-order valence-electron chi connectivity index (χ3n) is 5.17. The van der Waals surface area contributed by atoms with Crippen LogP contribution in [0.4, 0.5) is 13.2 Å². The summed E-state index contributed by atoms with van der Waals surface area (Å²) < 4.78 is 67.7. The van der Waals surface area contributed by atoms with Gasteiger partial charge in [0.1, 0.15) is 22.6 Å². The lowest BCUT2D eigenvalue weighted by Gasteiger charge is -2.07. The number of hydrogen-bond donors (Lipinski definition) is 1. The molecule has 4 aromatic rings. The Balaban J connectivity index is 2.13. The van der Waals surface area contributed by atoms with E-state index in [4.69, 9.17) is 0 Å². The zero-order chi connectivity index (χ0) is 24.3. The third-order valence-corrected chi connectivity index (χ3v) is 6.81. The molecule has 33 heavy (non-hydrogen) atoms. The zero-order valence-electron chi connectivity index (χ0n) is 17.9. The maximum atomic E-state index is 13.1. The van der Waals surface area contributed by atoms with E-state index in [9.17, 15) is 26.4 Å². The fourth-order valence-electron chi connectivity index (χ4n) is 3.45. The van der Waals surface area contributed by atoms with Gasteiger partial charge in [0.25, 0.3) is 5.91 Å². The molecule has 4 rings (SSSR count). The van der Waals surface area contributed by atoms with E-state index >= 15 is 0 Å². The molecule has 0 aromatic carbocycles. The standard InChI is InChI=1S/C19H18F3N7O3S/c1-5-33(31,32)18-12(15-24-7-9(2)13(17(30)23-3)29(15)27-18)16-26-11-6-10(19(20,21)22)8-25-14(11)28(16)4/h6-8H,5H2,1-4H3,(H,23,30). The van der Waals surface area contributed by atoms with Gasteiger partial charge in [-0.1, -0.05) is 6.92 Å². The van der Waals surface area contributed by atoms with Crippen molar-refractivity contribution in [2.24, 2.45) is 7.05 Å². The van der Waals surface area contributed by atoms with Crippen LogP contribution in [0.25, 0.3) is 28.2 Å². The number of nitrogens with zero attached hydrogens (tertiary/aromatic N) is 6. The van der Waals surface area contributed by atoms with Crippen molar-refractivity contribution < 1.29 is 26.4 Å². The first-order valence-electron chi connectivity index (χ1n) is 9.64. The highest BCUT2D eigenvalue weighted by Crippen LogP contribution is 2.35. The van der Waals surface area contributed by atoms with E-state index in [-0.39, 0.29) is 44.7 Å². The Bertz CT molecular complexity index is 1540. The first-order valence-corrected chi connectivity index (χ1v) is 11.3. The highest BCUT2D eigenvalue weighted by Gasteiger charge is 2.34. The number of hydrogen-bond acceptors (Lipinski definition) is 7. The highest BCUT2D eigenvalue weighted by molar-refractivity contribution is 7.91. The van der Waals surface area contributed by atoms with Crippen molar-refractivity contribution in [3.63, 3.8) is 0 Å². The number of fused-ring (bicyclic) bond motifs is 2. The molecule has 10 nitrogen and oxygen atoms in total. The summed E-state index contributed by atoms with van der Waals surface area (Å²) in [6, 6.07) is 0.832. The fraction of sp³-hybridized carbons (Fsp3) is 0.316. The number of carbonyl (C=O) groups excluding carboxylic acids is 1. The van der Waals surface area contributed by atoms with Crippen LogP contribution in [0.3, 0.4) is 0 Å². The van der Waals surface area contributed by atoms with Gasteiger partial charge in [0, 0.05) is 26.5 Å². The normalized spacial score (nSPS) is 12.6. The Kier molecular flexibility index (Phi) is 5.15. The summed E-state index contributed by atoms with van der Waals surface area (Å²) in [4.78, 5) is 24.9.